The highest BCUT2D eigenvalue weighted by Gasteiger charge is 2.44. The fourth-order valence-corrected chi connectivity index (χ4v) is 5.18. The van der Waals surface area contributed by atoms with Crippen LogP contribution in [0.3, 0.4) is 0 Å². The number of nitrogens with one attached hydrogen (secondary N) is 1. The predicted molar refractivity (Wildman–Crippen MR) is 134 cm³/mol. The number of aliphatic hydroxyl groups excluding tert-OH is 2. The topological polar surface area (TPSA) is 184 Å². The Morgan fingerprint density at radius 3 is 2.74 bits per heavy atom. The van der Waals surface area contributed by atoms with Gasteiger partial charge in [-0.1, -0.05) is 12.8 Å². The van der Waals surface area contributed by atoms with Crippen LogP contribution in [0.5, 0.6) is 0 Å². The smallest absolute Gasteiger partial charge is 0.432 e. The summed E-state index contributed by atoms with van der Waals surface area (Å²) in [4.78, 5) is 29.8. The van der Waals surface area contributed by atoms with E-state index in [1.165, 1.54) is 0 Å². The van der Waals surface area contributed by atoms with Crippen LogP contribution in [0.2, 0.25) is 5.28 Å². The first kappa shape index (κ1) is 29.0. The summed E-state index contributed by atoms with van der Waals surface area (Å²) in [6.45, 7) is 2.08. The van der Waals surface area contributed by atoms with E-state index in [4.69, 9.17) is 25.8 Å². The molecule has 0 aromatic carbocycles. The second-order valence-electron chi connectivity index (χ2n) is 9.42. The fourth-order valence-electron chi connectivity index (χ4n) is 4.39. The molecule has 2 aromatic heterocycles. The van der Waals surface area contributed by atoms with Crippen LogP contribution in [-0.2, 0) is 28.0 Å². The summed E-state index contributed by atoms with van der Waals surface area (Å²) >= 11 is 6.18. The van der Waals surface area contributed by atoms with E-state index in [9.17, 15) is 24.5 Å². The Morgan fingerprint density at radius 1 is 1.29 bits per heavy atom. The number of nitrogens with zero attached hydrogens (tertiary/aromatic N) is 3. The molecule has 4 rings (SSSR count). The standard InChI is InChI=1S/C22H32ClN4O10P/c1-12(2)36-22(30)34-10-35-38(31,32)11-33-9-15-16(28)17(29)20(37-15)27-8-7-14-18(24-13-5-3-4-6-13)25-21(23)26-19(14)27/h7-8,12-13,15-17,20,28-29H,3-6,9-11H2,1-2H3,(H,31,32)(H,24,25,26)/t15-,16-,17-,20-/m1/s1. The fraction of sp³-hybridized carbons (Fsp3) is 0.682. The van der Waals surface area contributed by atoms with Gasteiger partial charge in [-0.15, -0.1) is 0 Å². The average molecular weight is 579 g/mol. The minimum Gasteiger partial charge on any atom is -0.432 e. The highest BCUT2D eigenvalue weighted by Crippen LogP contribution is 2.42. The summed E-state index contributed by atoms with van der Waals surface area (Å²) in [5, 5.41) is 25.3. The first-order chi connectivity index (χ1) is 18.0. The summed E-state index contributed by atoms with van der Waals surface area (Å²) in [5.41, 5.74) is 0.410. The highest BCUT2D eigenvalue weighted by atomic mass is 35.5. The summed E-state index contributed by atoms with van der Waals surface area (Å²) in [6.07, 6.45) is -1.01. The molecule has 3 heterocycles. The molecule has 2 aromatic rings. The molecule has 0 radical (unpaired) electrons. The van der Waals surface area contributed by atoms with Gasteiger partial charge in [-0.2, -0.15) is 4.98 Å². The number of halogens is 1. The maximum atomic E-state index is 12.1. The van der Waals surface area contributed by atoms with E-state index in [-0.39, 0.29) is 17.9 Å². The summed E-state index contributed by atoms with van der Waals surface area (Å²) in [5.74, 6) is 0.582. The molecule has 1 saturated carbocycles. The van der Waals surface area contributed by atoms with Crippen molar-refractivity contribution in [1.29, 1.82) is 0 Å². The van der Waals surface area contributed by atoms with Gasteiger partial charge in [0.2, 0.25) is 12.1 Å². The summed E-state index contributed by atoms with van der Waals surface area (Å²) in [7, 11) is -4.29. The Balaban J connectivity index is 1.34. The molecule has 14 nitrogen and oxygen atoms in total. The van der Waals surface area contributed by atoms with Gasteiger partial charge >= 0.3 is 13.8 Å². The van der Waals surface area contributed by atoms with Gasteiger partial charge in [-0.05, 0) is 44.4 Å². The minimum atomic E-state index is -4.29. The second-order valence-corrected chi connectivity index (χ2v) is 11.5. The molecule has 16 heteroatoms. The Hall–Kier alpha value is -2.03. The first-order valence-electron chi connectivity index (χ1n) is 12.2. The van der Waals surface area contributed by atoms with E-state index < -0.39 is 57.5 Å². The van der Waals surface area contributed by atoms with Crippen molar-refractivity contribution in [1.82, 2.24) is 14.5 Å². The molecule has 2 aliphatic rings. The Kier molecular flexibility index (Phi) is 9.48. The molecule has 1 aliphatic carbocycles. The number of hydrogen-bond donors (Lipinski definition) is 4. The van der Waals surface area contributed by atoms with E-state index in [1.54, 1.807) is 30.7 Å². The van der Waals surface area contributed by atoms with Crippen molar-refractivity contribution in [2.45, 2.75) is 76.2 Å². The molecule has 4 N–H and O–H groups in total. The van der Waals surface area contributed by atoms with Gasteiger partial charge in [0, 0.05) is 12.2 Å². The molecular formula is C22H32ClN4O10P. The first-order valence-corrected chi connectivity index (χ1v) is 14.4. The number of carbonyl (C=O) groups is 1. The normalized spacial score (nSPS) is 25.7. The van der Waals surface area contributed by atoms with Crippen LogP contribution < -0.4 is 5.32 Å². The number of fused-ring (bicyclic) bond motifs is 1. The Labute approximate surface area is 223 Å². The number of rotatable bonds is 11. The Morgan fingerprint density at radius 2 is 2.03 bits per heavy atom. The van der Waals surface area contributed by atoms with Crippen molar-refractivity contribution in [2.75, 3.05) is 25.1 Å². The SMILES string of the molecule is CC(C)OC(=O)OCOP(=O)(O)COC[C@H]1O[C@@H](n2ccc3c(NC4CCCC4)nc(Cl)nc32)[C@H](O)[C@@H]1O. The third-order valence-electron chi connectivity index (χ3n) is 6.15. The monoisotopic (exact) mass is 578 g/mol. The Bertz CT molecular complexity index is 1160. The molecule has 212 valence electrons. The molecule has 1 saturated heterocycles. The van der Waals surface area contributed by atoms with Crippen molar-refractivity contribution in [2.24, 2.45) is 0 Å². The minimum absolute atomic E-state index is 0.0195. The van der Waals surface area contributed by atoms with Crippen molar-refractivity contribution < 1.29 is 47.9 Å². The van der Waals surface area contributed by atoms with Crippen molar-refractivity contribution in [3.8, 4) is 0 Å². The molecule has 38 heavy (non-hydrogen) atoms. The number of anilines is 1. The third kappa shape index (κ3) is 7.13. The van der Waals surface area contributed by atoms with Gasteiger partial charge < -0.3 is 43.9 Å². The number of hydrogen-bond acceptors (Lipinski definition) is 12. The van der Waals surface area contributed by atoms with E-state index in [0.717, 1.165) is 25.7 Å². The van der Waals surface area contributed by atoms with Crippen molar-refractivity contribution in [3.05, 3.63) is 17.5 Å². The van der Waals surface area contributed by atoms with Crippen LogP contribution >= 0.6 is 19.2 Å². The van der Waals surface area contributed by atoms with Gasteiger partial charge in [0.05, 0.1) is 18.1 Å². The second kappa shape index (κ2) is 12.4. The van der Waals surface area contributed by atoms with Gasteiger partial charge in [-0.3, -0.25) is 9.09 Å². The molecule has 5 atom stereocenters. The molecule has 0 bridgehead atoms. The zero-order valence-corrected chi connectivity index (χ0v) is 22.6. The lowest BCUT2D eigenvalue weighted by Gasteiger charge is -2.18. The molecule has 0 spiro atoms. The van der Waals surface area contributed by atoms with E-state index >= 15 is 0 Å². The maximum Gasteiger partial charge on any atom is 0.510 e. The zero-order valence-electron chi connectivity index (χ0n) is 20.9. The lowest BCUT2D eigenvalue weighted by atomic mass is 10.1. The largest absolute Gasteiger partial charge is 0.510 e. The highest BCUT2D eigenvalue weighted by molar-refractivity contribution is 7.52. The van der Waals surface area contributed by atoms with Crippen molar-refractivity contribution >= 4 is 42.2 Å². The van der Waals surface area contributed by atoms with Gasteiger partial charge in [-0.25, -0.2) is 9.78 Å². The van der Waals surface area contributed by atoms with Gasteiger partial charge in [0.25, 0.3) is 0 Å². The third-order valence-corrected chi connectivity index (χ3v) is 7.34. The van der Waals surface area contributed by atoms with Crippen LogP contribution in [0.4, 0.5) is 10.6 Å². The van der Waals surface area contributed by atoms with Gasteiger partial charge in [0.1, 0.15) is 36.1 Å². The van der Waals surface area contributed by atoms with Crippen LogP contribution in [0.15, 0.2) is 12.3 Å². The van der Waals surface area contributed by atoms with Crippen LogP contribution in [0, 0.1) is 0 Å². The lowest BCUT2D eigenvalue weighted by Crippen LogP contribution is -2.34. The summed E-state index contributed by atoms with van der Waals surface area (Å²) < 4.78 is 38.6. The molecular weight excluding hydrogens is 547 g/mol. The quantitative estimate of drug-likeness (QED) is 0.132. The number of carbonyl (C=O) groups excluding carboxylic acids is 1. The number of aromatic nitrogens is 3. The number of ether oxygens (including phenoxy) is 4. The molecule has 1 aliphatic heterocycles. The zero-order chi connectivity index (χ0) is 27.4. The molecule has 1 unspecified atom stereocenters. The van der Waals surface area contributed by atoms with Crippen LogP contribution in [0.25, 0.3) is 11.0 Å². The predicted octanol–water partition coefficient (Wildman–Crippen LogP) is 2.75. The van der Waals surface area contributed by atoms with E-state index in [1.807, 2.05) is 0 Å². The van der Waals surface area contributed by atoms with E-state index in [0.29, 0.717) is 16.9 Å². The van der Waals surface area contributed by atoms with Crippen molar-refractivity contribution in [3.63, 3.8) is 0 Å². The van der Waals surface area contributed by atoms with Gasteiger partial charge in [0.15, 0.2) is 6.23 Å². The summed E-state index contributed by atoms with van der Waals surface area (Å²) in [6, 6.07) is 2.06. The van der Waals surface area contributed by atoms with Crippen LogP contribution in [0.1, 0.15) is 45.8 Å². The maximum absolute atomic E-state index is 12.1. The average Bonchev–Trinajstić information content (AvgIpc) is 3.55. The molecule has 0 amide bonds. The number of aliphatic hydroxyl groups is 2. The lowest BCUT2D eigenvalue weighted by molar-refractivity contribution is -0.0624. The van der Waals surface area contributed by atoms with E-state index in [2.05, 4.69) is 24.5 Å². The molecule has 2 fully saturated rings. The van der Waals surface area contributed by atoms with Crippen LogP contribution in [-0.4, -0.2) is 86.0 Å².